The van der Waals surface area contributed by atoms with E-state index in [1.54, 1.807) is 0 Å². The summed E-state index contributed by atoms with van der Waals surface area (Å²) in [6.07, 6.45) is 2.26. The minimum atomic E-state index is 0.285. The summed E-state index contributed by atoms with van der Waals surface area (Å²) in [5.74, 6) is 0.322. The number of hydrogen-bond acceptors (Lipinski definition) is 0. The molecule has 70 valence electrons. The summed E-state index contributed by atoms with van der Waals surface area (Å²) in [6.45, 7) is 13.5. The van der Waals surface area contributed by atoms with Gasteiger partial charge in [0, 0.05) is 0 Å². The Morgan fingerprint density at radius 2 is 1.50 bits per heavy atom. The van der Waals surface area contributed by atoms with Gasteiger partial charge in [-0.05, 0) is 10.8 Å². The van der Waals surface area contributed by atoms with E-state index in [1.165, 1.54) is 0 Å². The van der Waals surface area contributed by atoms with Crippen molar-refractivity contribution in [2.75, 3.05) is 0 Å². The number of rotatable bonds is 3. The van der Waals surface area contributed by atoms with Gasteiger partial charge < -0.3 is 0 Å². The molecule has 0 fully saturated rings. The fourth-order valence-corrected chi connectivity index (χ4v) is 1.20. The van der Waals surface area contributed by atoms with Gasteiger partial charge in [0.25, 0.3) is 0 Å². The smallest absolute Gasteiger partial charge is 0.0707 e. The Morgan fingerprint density at radius 3 is 1.75 bits per heavy atom. The lowest BCUT2D eigenvalue weighted by Crippen LogP contribution is -2.23. The minimum absolute atomic E-state index is 0.285. The summed E-state index contributed by atoms with van der Waals surface area (Å²) < 4.78 is 0. The third-order valence-corrected chi connectivity index (χ3v) is 2.75. The first-order valence-electron chi connectivity index (χ1n) is 4.94. The van der Waals surface area contributed by atoms with Crippen LogP contribution in [0.4, 0.5) is 0 Å². The van der Waals surface area contributed by atoms with Crippen molar-refractivity contribution >= 4 is 7.85 Å². The molecule has 0 aromatic rings. The van der Waals surface area contributed by atoms with Gasteiger partial charge in [0.2, 0.25) is 0 Å². The van der Waals surface area contributed by atoms with Crippen molar-refractivity contribution in [3.8, 4) is 0 Å². The third kappa shape index (κ3) is 4.18. The van der Waals surface area contributed by atoms with Gasteiger partial charge >= 0.3 is 0 Å². The summed E-state index contributed by atoms with van der Waals surface area (Å²) in [5, 5.41) is 0. The molecule has 1 unspecified atom stereocenters. The van der Waals surface area contributed by atoms with Gasteiger partial charge in [-0.3, -0.25) is 0 Å². The van der Waals surface area contributed by atoms with Crippen molar-refractivity contribution in [3.63, 3.8) is 0 Å². The van der Waals surface area contributed by atoms with Gasteiger partial charge in [-0.25, -0.2) is 0 Å². The predicted octanol–water partition coefficient (Wildman–Crippen LogP) is 3.82. The van der Waals surface area contributed by atoms with Gasteiger partial charge in [-0.2, -0.15) is 0 Å². The zero-order valence-corrected chi connectivity index (χ0v) is 9.57. The molecule has 1 heteroatoms. The monoisotopic (exact) mass is 166 g/mol. The van der Waals surface area contributed by atoms with Crippen LogP contribution in [0.15, 0.2) is 0 Å². The van der Waals surface area contributed by atoms with E-state index in [0.717, 1.165) is 12.8 Å². The highest BCUT2D eigenvalue weighted by atomic mass is 14.3. The molecule has 0 heterocycles. The maximum atomic E-state index is 6.15. The Morgan fingerprint density at radius 1 is 1.08 bits per heavy atom. The third-order valence-electron chi connectivity index (χ3n) is 2.75. The first-order valence-corrected chi connectivity index (χ1v) is 4.94. The lowest BCUT2D eigenvalue weighted by molar-refractivity contribution is 0.249. The van der Waals surface area contributed by atoms with Crippen molar-refractivity contribution in [2.24, 2.45) is 10.8 Å². The number of hydrogen-bond donors (Lipinski definition) is 0. The molecule has 0 nitrogen and oxygen atoms in total. The normalized spacial score (nSPS) is 16.2. The second kappa shape index (κ2) is 3.85. The summed E-state index contributed by atoms with van der Waals surface area (Å²) >= 11 is 0. The molecule has 0 rings (SSSR count). The van der Waals surface area contributed by atoms with Crippen molar-refractivity contribution in [1.29, 1.82) is 0 Å². The molecule has 0 aliphatic rings. The molecule has 0 aromatic heterocycles. The molecule has 0 aliphatic carbocycles. The summed E-state index contributed by atoms with van der Waals surface area (Å²) in [6, 6.07) is 0. The molecule has 0 saturated carbocycles. The van der Waals surface area contributed by atoms with E-state index in [1.807, 2.05) is 0 Å². The zero-order chi connectivity index (χ0) is 9.99. The molecule has 0 aliphatic heterocycles. The quantitative estimate of drug-likeness (QED) is 0.559. The van der Waals surface area contributed by atoms with Crippen molar-refractivity contribution < 1.29 is 0 Å². The summed E-state index contributed by atoms with van der Waals surface area (Å²) in [7, 11) is 6.15. The lowest BCUT2D eigenvalue weighted by atomic mass is 9.61. The van der Waals surface area contributed by atoms with Gasteiger partial charge in [-0.15, -0.1) is 0 Å². The van der Waals surface area contributed by atoms with Crippen molar-refractivity contribution in [3.05, 3.63) is 0 Å². The van der Waals surface area contributed by atoms with Gasteiger partial charge in [0.05, 0.1) is 7.85 Å². The van der Waals surface area contributed by atoms with Crippen LogP contribution in [-0.4, -0.2) is 7.85 Å². The van der Waals surface area contributed by atoms with E-state index >= 15 is 0 Å². The highest BCUT2D eigenvalue weighted by molar-refractivity contribution is 6.12. The van der Waals surface area contributed by atoms with E-state index in [2.05, 4.69) is 41.5 Å². The van der Waals surface area contributed by atoms with Crippen LogP contribution in [0.1, 0.15) is 54.4 Å². The van der Waals surface area contributed by atoms with Crippen molar-refractivity contribution in [1.82, 2.24) is 0 Å². The van der Waals surface area contributed by atoms with E-state index in [0.29, 0.717) is 11.2 Å². The molecule has 0 N–H and O–H groups in total. The molecular weight excluding hydrogens is 143 g/mol. The maximum absolute atomic E-state index is 6.15. The molecule has 0 aromatic carbocycles. The molecule has 2 radical (unpaired) electrons. The van der Waals surface area contributed by atoms with Crippen LogP contribution in [0.25, 0.3) is 0 Å². The highest BCUT2D eigenvalue weighted by Gasteiger charge is 2.26. The average Bonchev–Trinajstić information content (AvgIpc) is 1.84. The standard InChI is InChI=1S/C11H23B/c1-7-11(5,6)9(12)8-10(2,3)4/h9H,7-8H2,1-6H3. The van der Waals surface area contributed by atoms with Crippen LogP contribution < -0.4 is 0 Å². The molecule has 1 atom stereocenters. The predicted molar refractivity (Wildman–Crippen MR) is 57.6 cm³/mol. The second-order valence-electron chi connectivity index (χ2n) is 5.71. The molecule has 0 bridgehead atoms. The minimum Gasteiger partial charge on any atom is -0.0719 e. The first kappa shape index (κ1) is 12.1. The Hall–Kier alpha value is 0.0649. The Balaban J connectivity index is 4.13. The Bertz CT molecular complexity index is 130. The van der Waals surface area contributed by atoms with Gasteiger partial charge in [0.1, 0.15) is 0 Å². The van der Waals surface area contributed by atoms with Gasteiger partial charge in [-0.1, -0.05) is 60.2 Å². The lowest BCUT2D eigenvalue weighted by Gasteiger charge is -2.35. The van der Waals surface area contributed by atoms with Gasteiger partial charge in [0.15, 0.2) is 0 Å². The molecule has 12 heavy (non-hydrogen) atoms. The van der Waals surface area contributed by atoms with Crippen LogP contribution in [0.5, 0.6) is 0 Å². The maximum Gasteiger partial charge on any atom is 0.0707 e. The Kier molecular flexibility index (Phi) is 3.87. The zero-order valence-electron chi connectivity index (χ0n) is 9.57. The van der Waals surface area contributed by atoms with E-state index in [9.17, 15) is 0 Å². The molecular formula is C11H23B. The molecule has 0 amide bonds. The fourth-order valence-electron chi connectivity index (χ4n) is 1.20. The second-order valence-corrected chi connectivity index (χ2v) is 5.71. The SMILES string of the molecule is [B]C(CC(C)(C)C)C(C)(C)CC. The fraction of sp³-hybridized carbons (Fsp3) is 1.00. The highest BCUT2D eigenvalue weighted by Crippen LogP contribution is 2.40. The topological polar surface area (TPSA) is 0 Å². The van der Waals surface area contributed by atoms with E-state index < -0.39 is 0 Å². The van der Waals surface area contributed by atoms with E-state index in [4.69, 9.17) is 7.85 Å². The van der Waals surface area contributed by atoms with Crippen LogP contribution in [0, 0.1) is 10.8 Å². The van der Waals surface area contributed by atoms with E-state index in [-0.39, 0.29) is 5.41 Å². The largest absolute Gasteiger partial charge is 0.0719 e. The van der Waals surface area contributed by atoms with Crippen molar-refractivity contribution in [2.45, 2.75) is 60.2 Å². The van der Waals surface area contributed by atoms with Crippen LogP contribution in [0.3, 0.4) is 0 Å². The Labute approximate surface area is 79.5 Å². The summed E-state index contributed by atoms with van der Waals surface area (Å²) in [5.41, 5.74) is 0.638. The molecule has 0 spiro atoms. The van der Waals surface area contributed by atoms with Crippen LogP contribution in [0.2, 0.25) is 5.82 Å². The van der Waals surface area contributed by atoms with Crippen LogP contribution >= 0.6 is 0 Å². The van der Waals surface area contributed by atoms with Crippen LogP contribution in [-0.2, 0) is 0 Å². The summed E-state index contributed by atoms with van der Waals surface area (Å²) in [4.78, 5) is 0. The first-order chi connectivity index (χ1) is 5.19. The molecule has 0 saturated heterocycles. The average molecular weight is 166 g/mol.